The summed E-state index contributed by atoms with van der Waals surface area (Å²) in [5, 5.41) is 0. The van der Waals surface area contributed by atoms with E-state index in [1.54, 1.807) is 0 Å². The van der Waals surface area contributed by atoms with E-state index in [9.17, 15) is 26.3 Å². The molecular formula is C14H10F6N2. The molecule has 2 nitrogen and oxygen atoms in total. The molecule has 2 rings (SSSR count). The minimum atomic E-state index is -4.57. The van der Waals surface area contributed by atoms with E-state index in [1.807, 2.05) is 0 Å². The van der Waals surface area contributed by atoms with Gasteiger partial charge in [0.2, 0.25) is 0 Å². The SMILES string of the molecule is FC(F)(F)c1cccc(NNc2ccccc2C(F)(F)F)c1. The minimum Gasteiger partial charge on any atom is -0.301 e. The van der Waals surface area contributed by atoms with Gasteiger partial charge in [0.15, 0.2) is 0 Å². The van der Waals surface area contributed by atoms with Crippen LogP contribution in [0.15, 0.2) is 48.5 Å². The number of benzene rings is 2. The molecule has 22 heavy (non-hydrogen) atoms. The lowest BCUT2D eigenvalue weighted by atomic mass is 10.2. The highest BCUT2D eigenvalue weighted by molar-refractivity contribution is 5.58. The predicted molar refractivity (Wildman–Crippen MR) is 70.1 cm³/mol. The minimum absolute atomic E-state index is 0.00759. The molecule has 118 valence electrons. The van der Waals surface area contributed by atoms with Crippen LogP contribution in [0.25, 0.3) is 0 Å². The highest BCUT2D eigenvalue weighted by Gasteiger charge is 2.33. The van der Waals surface area contributed by atoms with Crippen molar-refractivity contribution in [2.45, 2.75) is 12.4 Å². The lowest BCUT2D eigenvalue weighted by Crippen LogP contribution is -2.15. The molecule has 0 aromatic heterocycles. The van der Waals surface area contributed by atoms with E-state index in [-0.39, 0.29) is 11.4 Å². The molecular weight excluding hydrogens is 310 g/mol. The topological polar surface area (TPSA) is 24.1 Å². The van der Waals surface area contributed by atoms with Crippen molar-refractivity contribution in [2.24, 2.45) is 0 Å². The van der Waals surface area contributed by atoms with Crippen LogP contribution in [0.1, 0.15) is 11.1 Å². The molecule has 2 N–H and O–H groups in total. The maximum Gasteiger partial charge on any atom is 0.418 e. The maximum absolute atomic E-state index is 12.8. The first-order valence-electron chi connectivity index (χ1n) is 6.03. The number of hydrazine groups is 1. The van der Waals surface area contributed by atoms with E-state index in [2.05, 4.69) is 10.9 Å². The average Bonchev–Trinajstić information content (AvgIpc) is 2.44. The molecule has 0 aliphatic carbocycles. The summed E-state index contributed by atoms with van der Waals surface area (Å²) in [4.78, 5) is 0. The van der Waals surface area contributed by atoms with Crippen LogP contribution < -0.4 is 10.9 Å². The van der Waals surface area contributed by atoms with Crippen molar-refractivity contribution in [3.8, 4) is 0 Å². The average molecular weight is 320 g/mol. The summed E-state index contributed by atoms with van der Waals surface area (Å²) in [6.07, 6.45) is -9.10. The van der Waals surface area contributed by atoms with Crippen LogP contribution in [0.5, 0.6) is 0 Å². The number of halogens is 6. The van der Waals surface area contributed by atoms with Crippen molar-refractivity contribution in [1.29, 1.82) is 0 Å². The fraction of sp³-hybridized carbons (Fsp3) is 0.143. The van der Waals surface area contributed by atoms with Crippen molar-refractivity contribution in [2.75, 3.05) is 10.9 Å². The molecule has 0 unspecified atom stereocenters. The normalized spacial score (nSPS) is 12.1. The molecule has 2 aromatic carbocycles. The Hall–Kier alpha value is -2.38. The molecule has 8 heteroatoms. The first-order chi connectivity index (χ1) is 10.2. The Labute approximate surface area is 121 Å². The quantitative estimate of drug-likeness (QED) is 0.603. The Morgan fingerprint density at radius 2 is 1.36 bits per heavy atom. The summed E-state index contributed by atoms with van der Waals surface area (Å²) in [6, 6.07) is 8.77. The van der Waals surface area contributed by atoms with Gasteiger partial charge >= 0.3 is 12.4 Å². The fourth-order valence-electron chi connectivity index (χ4n) is 1.75. The van der Waals surface area contributed by atoms with Crippen LogP contribution in [0.3, 0.4) is 0 Å². The Balaban J connectivity index is 2.18. The second-order valence-electron chi connectivity index (χ2n) is 4.37. The van der Waals surface area contributed by atoms with Gasteiger partial charge in [-0.05, 0) is 30.3 Å². The van der Waals surface area contributed by atoms with Gasteiger partial charge in [-0.15, -0.1) is 0 Å². The number of alkyl halides is 6. The van der Waals surface area contributed by atoms with Gasteiger partial charge in [-0.3, -0.25) is 0 Å². The molecule has 0 aliphatic rings. The number of nitrogens with one attached hydrogen (secondary N) is 2. The fourth-order valence-corrected chi connectivity index (χ4v) is 1.75. The van der Waals surface area contributed by atoms with Gasteiger partial charge in [-0.1, -0.05) is 18.2 Å². The third kappa shape index (κ3) is 3.84. The van der Waals surface area contributed by atoms with Gasteiger partial charge in [0.05, 0.1) is 22.5 Å². The van der Waals surface area contributed by atoms with E-state index in [0.717, 1.165) is 24.3 Å². The first kappa shape index (κ1) is 16.0. The molecule has 0 atom stereocenters. The van der Waals surface area contributed by atoms with Crippen LogP contribution in [-0.2, 0) is 12.4 Å². The van der Waals surface area contributed by atoms with Crippen molar-refractivity contribution < 1.29 is 26.3 Å². The van der Waals surface area contributed by atoms with Crippen LogP contribution in [0, 0.1) is 0 Å². The van der Waals surface area contributed by atoms with Crippen LogP contribution >= 0.6 is 0 Å². The van der Waals surface area contributed by atoms with E-state index in [1.165, 1.54) is 24.3 Å². The molecule has 0 saturated heterocycles. The third-order valence-corrected chi connectivity index (χ3v) is 2.76. The second-order valence-corrected chi connectivity index (χ2v) is 4.37. The molecule has 0 bridgehead atoms. The Morgan fingerprint density at radius 3 is 2.00 bits per heavy atom. The zero-order valence-electron chi connectivity index (χ0n) is 10.9. The summed E-state index contributed by atoms with van der Waals surface area (Å²) in [7, 11) is 0. The van der Waals surface area contributed by atoms with Gasteiger partial charge in [-0.25, -0.2) is 0 Å². The number of para-hydroxylation sites is 1. The molecule has 0 amide bonds. The summed E-state index contributed by atoms with van der Waals surface area (Å²) < 4.78 is 76.0. The number of hydrogen-bond acceptors (Lipinski definition) is 2. The van der Waals surface area contributed by atoms with Gasteiger partial charge in [0.1, 0.15) is 0 Å². The van der Waals surface area contributed by atoms with Crippen LogP contribution in [-0.4, -0.2) is 0 Å². The zero-order chi connectivity index (χ0) is 16.4. The largest absolute Gasteiger partial charge is 0.418 e. The van der Waals surface area contributed by atoms with Crippen molar-refractivity contribution in [1.82, 2.24) is 0 Å². The Bertz CT molecular complexity index is 648. The van der Waals surface area contributed by atoms with Crippen LogP contribution in [0.4, 0.5) is 37.7 Å². The van der Waals surface area contributed by atoms with Crippen molar-refractivity contribution in [3.05, 3.63) is 59.7 Å². The summed E-state index contributed by atoms with van der Waals surface area (Å²) in [6.45, 7) is 0. The molecule has 0 radical (unpaired) electrons. The van der Waals surface area contributed by atoms with Gasteiger partial charge in [0, 0.05) is 0 Å². The third-order valence-electron chi connectivity index (χ3n) is 2.76. The number of hydrogen-bond donors (Lipinski definition) is 2. The molecule has 0 heterocycles. The summed E-state index contributed by atoms with van der Waals surface area (Å²) in [5.41, 5.74) is 2.50. The highest BCUT2D eigenvalue weighted by Crippen LogP contribution is 2.35. The standard InChI is InChI=1S/C14H10F6N2/c15-13(16,17)9-4-3-5-10(8-9)21-22-12-7-2-1-6-11(12)14(18,19)20/h1-8,21-22H. The Kier molecular flexibility index (Phi) is 4.20. The van der Waals surface area contributed by atoms with Crippen molar-refractivity contribution in [3.63, 3.8) is 0 Å². The van der Waals surface area contributed by atoms with Gasteiger partial charge in [-0.2, -0.15) is 26.3 Å². The number of rotatable bonds is 3. The molecule has 0 saturated carbocycles. The first-order valence-corrected chi connectivity index (χ1v) is 6.03. The lowest BCUT2D eigenvalue weighted by Gasteiger charge is -2.16. The molecule has 0 fully saturated rings. The van der Waals surface area contributed by atoms with E-state index >= 15 is 0 Å². The predicted octanol–water partition coefficient (Wildman–Crippen LogP) is 5.16. The monoisotopic (exact) mass is 320 g/mol. The molecule has 0 spiro atoms. The molecule has 0 aliphatic heterocycles. The summed E-state index contributed by atoms with van der Waals surface area (Å²) in [5.74, 6) is 0. The Morgan fingerprint density at radius 1 is 0.682 bits per heavy atom. The zero-order valence-corrected chi connectivity index (χ0v) is 10.9. The lowest BCUT2D eigenvalue weighted by molar-refractivity contribution is -0.138. The number of anilines is 2. The van der Waals surface area contributed by atoms with Crippen molar-refractivity contribution >= 4 is 11.4 Å². The van der Waals surface area contributed by atoms with Crippen LogP contribution in [0.2, 0.25) is 0 Å². The van der Waals surface area contributed by atoms with E-state index in [0.29, 0.717) is 0 Å². The van der Waals surface area contributed by atoms with Gasteiger partial charge in [0.25, 0.3) is 0 Å². The highest BCUT2D eigenvalue weighted by atomic mass is 19.4. The second kappa shape index (κ2) is 5.78. The summed E-state index contributed by atoms with van der Waals surface area (Å²) >= 11 is 0. The van der Waals surface area contributed by atoms with Gasteiger partial charge < -0.3 is 10.9 Å². The van der Waals surface area contributed by atoms with E-state index in [4.69, 9.17) is 0 Å². The maximum atomic E-state index is 12.8. The van der Waals surface area contributed by atoms with E-state index < -0.39 is 23.5 Å². The molecule has 2 aromatic rings. The smallest absolute Gasteiger partial charge is 0.301 e.